The third kappa shape index (κ3) is 1.96. The molecule has 0 bridgehead atoms. The highest BCUT2D eigenvalue weighted by Gasteiger charge is 2.26. The summed E-state index contributed by atoms with van der Waals surface area (Å²) in [6.07, 6.45) is 0. The van der Waals surface area contributed by atoms with Crippen molar-refractivity contribution in [2.24, 2.45) is 0 Å². The highest BCUT2D eigenvalue weighted by molar-refractivity contribution is 5.47. The zero-order valence-electron chi connectivity index (χ0n) is 8.99. The molecule has 2 heteroatoms. The molecule has 1 aromatic rings. The molecule has 1 N–H and O–H groups in total. The van der Waals surface area contributed by atoms with Crippen LogP contribution in [0.2, 0.25) is 0 Å². The van der Waals surface area contributed by atoms with E-state index in [1.54, 1.807) is 0 Å². The van der Waals surface area contributed by atoms with Crippen molar-refractivity contribution in [3.63, 3.8) is 0 Å². The number of hydroxylamine groups is 1. The van der Waals surface area contributed by atoms with Crippen molar-refractivity contribution < 1.29 is 5.21 Å². The van der Waals surface area contributed by atoms with Crippen LogP contribution in [0.25, 0.3) is 0 Å². The Morgan fingerprint density at radius 1 is 1.29 bits per heavy atom. The lowest BCUT2D eigenvalue weighted by Gasteiger charge is -2.35. The minimum absolute atomic E-state index is 0.443. The molecule has 0 radical (unpaired) electrons. The Morgan fingerprint density at radius 3 is 2.21 bits per heavy atom. The number of hydrogen-bond acceptors (Lipinski definition) is 2. The van der Waals surface area contributed by atoms with Gasteiger partial charge in [-0.15, -0.1) is 0 Å². The van der Waals surface area contributed by atoms with E-state index in [-0.39, 0.29) is 0 Å². The Labute approximate surface area is 85.4 Å². The van der Waals surface area contributed by atoms with Gasteiger partial charge in [0.15, 0.2) is 0 Å². The van der Waals surface area contributed by atoms with Gasteiger partial charge in [-0.2, -0.15) is 0 Å². The van der Waals surface area contributed by atoms with E-state index in [9.17, 15) is 5.21 Å². The molecular weight excluding hydrogens is 174 g/mol. The zero-order valence-corrected chi connectivity index (χ0v) is 8.99. The third-order valence-electron chi connectivity index (χ3n) is 2.57. The Balaban J connectivity index is 2.96. The van der Waals surface area contributed by atoms with Crippen LogP contribution in [0.1, 0.15) is 20.8 Å². The maximum atomic E-state index is 9.99. The summed E-state index contributed by atoms with van der Waals surface area (Å²) in [6.45, 7) is 9.65. The predicted molar refractivity (Wildman–Crippen MR) is 59.6 cm³/mol. The van der Waals surface area contributed by atoms with E-state index in [1.165, 1.54) is 5.06 Å². The third-order valence-corrected chi connectivity index (χ3v) is 2.57. The van der Waals surface area contributed by atoms with Crippen molar-refractivity contribution in [3.8, 4) is 0 Å². The Hall–Kier alpha value is -1.28. The summed E-state index contributed by atoms with van der Waals surface area (Å²) in [4.78, 5) is 0. The van der Waals surface area contributed by atoms with E-state index >= 15 is 0 Å². The van der Waals surface area contributed by atoms with Gasteiger partial charge in [0.25, 0.3) is 0 Å². The highest BCUT2D eigenvalue weighted by atomic mass is 16.5. The lowest BCUT2D eigenvalue weighted by molar-refractivity contribution is 0.190. The van der Waals surface area contributed by atoms with Crippen LogP contribution in [0.5, 0.6) is 0 Å². The predicted octanol–water partition coefficient (Wildman–Crippen LogP) is 3.24. The first-order valence-electron chi connectivity index (χ1n) is 4.66. The monoisotopic (exact) mass is 191 g/mol. The van der Waals surface area contributed by atoms with Crippen molar-refractivity contribution in [2.75, 3.05) is 5.06 Å². The second-order valence-electron chi connectivity index (χ2n) is 3.99. The molecule has 0 atom stereocenters. The summed E-state index contributed by atoms with van der Waals surface area (Å²) in [5.41, 5.74) is 1.26. The molecule has 0 aliphatic carbocycles. The summed E-state index contributed by atoms with van der Waals surface area (Å²) in [5.74, 6) is 0. The average molecular weight is 191 g/mol. The summed E-state index contributed by atoms with van der Waals surface area (Å²) in [5, 5.41) is 11.2. The number of rotatable bonds is 3. The van der Waals surface area contributed by atoms with Gasteiger partial charge in [0.05, 0.1) is 11.2 Å². The van der Waals surface area contributed by atoms with E-state index < -0.39 is 5.54 Å². The SMILES string of the molecule is C=C(C)C(C)(C)N(O)c1ccccc1. The minimum Gasteiger partial charge on any atom is -0.288 e. The van der Waals surface area contributed by atoms with Gasteiger partial charge in [-0.05, 0) is 32.9 Å². The highest BCUT2D eigenvalue weighted by Crippen LogP contribution is 2.26. The van der Waals surface area contributed by atoms with Crippen molar-refractivity contribution in [2.45, 2.75) is 26.3 Å². The zero-order chi connectivity index (χ0) is 10.8. The molecule has 76 valence electrons. The number of para-hydroxylation sites is 1. The van der Waals surface area contributed by atoms with Gasteiger partial charge in [-0.1, -0.05) is 30.4 Å². The summed E-state index contributed by atoms with van der Waals surface area (Å²) in [7, 11) is 0. The molecule has 1 aromatic carbocycles. The smallest absolute Gasteiger partial charge is 0.0818 e. The first-order valence-corrected chi connectivity index (χ1v) is 4.66. The number of anilines is 1. The van der Waals surface area contributed by atoms with Crippen LogP contribution >= 0.6 is 0 Å². The Morgan fingerprint density at radius 2 is 1.79 bits per heavy atom. The van der Waals surface area contributed by atoms with E-state index in [0.29, 0.717) is 0 Å². The number of nitrogens with zero attached hydrogens (tertiary/aromatic N) is 1. The fraction of sp³-hybridized carbons (Fsp3) is 0.333. The standard InChI is InChI=1S/C12H17NO/c1-10(2)12(3,4)13(14)11-8-6-5-7-9-11/h5-9,14H,1H2,2-4H3. The van der Waals surface area contributed by atoms with Crippen LogP contribution in [0.4, 0.5) is 5.69 Å². The van der Waals surface area contributed by atoms with Crippen LogP contribution in [-0.4, -0.2) is 10.7 Å². The minimum atomic E-state index is -0.443. The molecule has 2 nitrogen and oxygen atoms in total. The van der Waals surface area contributed by atoms with Gasteiger partial charge in [0.1, 0.15) is 0 Å². The average Bonchev–Trinajstić information content (AvgIpc) is 2.17. The summed E-state index contributed by atoms with van der Waals surface area (Å²) in [6, 6.07) is 9.45. The normalized spacial score (nSPS) is 11.1. The van der Waals surface area contributed by atoms with E-state index in [0.717, 1.165) is 11.3 Å². The van der Waals surface area contributed by atoms with Crippen LogP contribution in [0.15, 0.2) is 42.5 Å². The fourth-order valence-electron chi connectivity index (χ4n) is 1.07. The largest absolute Gasteiger partial charge is 0.288 e. The Kier molecular flexibility index (Phi) is 2.96. The second-order valence-corrected chi connectivity index (χ2v) is 3.99. The van der Waals surface area contributed by atoms with Crippen molar-refractivity contribution in [1.82, 2.24) is 0 Å². The van der Waals surface area contributed by atoms with Gasteiger partial charge < -0.3 is 0 Å². The summed E-state index contributed by atoms with van der Waals surface area (Å²) < 4.78 is 0. The molecule has 1 rings (SSSR count). The van der Waals surface area contributed by atoms with Crippen LogP contribution in [0, 0.1) is 0 Å². The molecule has 0 saturated heterocycles. The molecule has 0 saturated carbocycles. The molecule has 14 heavy (non-hydrogen) atoms. The van der Waals surface area contributed by atoms with Crippen molar-refractivity contribution in [3.05, 3.63) is 42.5 Å². The maximum absolute atomic E-state index is 9.99. The van der Waals surface area contributed by atoms with Crippen LogP contribution < -0.4 is 5.06 Å². The molecule has 0 amide bonds. The quantitative estimate of drug-likeness (QED) is 0.585. The van der Waals surface area contributed by atoms with Gasteiger partial charge in [0.2, 0.25) is 0 Å². The molecule has 0 spiro atoms. The fourth-order valence-corrected chi connectivity index (χ4v) is 1.07. The molecule has 0 aliphatic rings. The molecule has 0 aromatic heterocycles. The van der Waals surface area contributed by atoms with Crippen LogP contribution in [-0.2, 0) is 0 Å². The molecular formula is C12H17NO. The van der Waals surface area contributed by atoms with Crippen molar-refractivity contribution in [1.29, 1.82) is 0 Å². The van der Waals surface area contributed by atoms with E-state index in [4.69, 9.17) is 0 Å². The first kappa shape index (κ1) is 10.8. The van der Waals surface area contributed by atoms with Gasteiger partial charge in [-0.3, -0.25) is 5.21 Å². The molecule has 0 fully saturated rings. The second kappa shape index (κ2) is 3.84. The van der Waals surface area contributed by atoms with Crippen LogP contribution in [0.3, 0.4) is 0 Å². The topological polar surface area (TPSA) is 23.5 Å². The van der Waals surface area contributed by atoms with E-state index in [1.807, 2.05) is 51.1 Å². The lowest BCUT2D eigenvalue weighted by atomic mass is 9.96. The molecule has 0 heterocycles. The van der Waals surface area contributed by atoms with E-state index in [2.05, 4.69) is 6.58 Å². The maximum Gasteiger partial charge on any atom is 0.0818 e. The number of hydrogen-bond donors (Lipinski definition) is 1. The number of benzene rings is 1. The molecule has 0 unspecified atom stereocenters. The van der Waals surface area contributed by atoms with Gasteiger partial charge >= 0.3 is 0 Å². The Bertz CT molecular complexity index is 316. The summed E-state index contributed by atoms with van der Waals surface area (Å²) >= 11 is 0. The molecule has 0 aliphatic heterocycles. The first-order chi connectivity index (χ1) is 6.46. The lowest BCUT2D eigenvalue weighted by Crippen LogP contribution is -2.42. The van der Waals surface area contributed by atoms with Crippen molar-refractivity contribution >= 4 is 5.69 Å². The van der Waals surface area contributed by atoms with Gasteiger partial charge in [-0.25, -0.2) is 5.06 Å². The van der Waals surface area contributed by atoms with Gasteiger partial charge in [0, 0.05) is 0 Å².